The molecule has 0 saturated carbocycles. The van der Waals surface area contributed by atoms with Gasteiger partial charge in [-0.15, -0.1) is 0 Å². The van der Waals surface area contributed by atoms with Gasteiger partial charge in [-0.2, -0.15) is 0 Å². The Morgan fingerprint density at radius 1 is 1.33 bits per heavy atom. The number of aromatic nitrogens is 2. The van der Waals surface area contributed by atoms with E-state index in [0.29, 0.717) is 5.92 Å². The molecule has 1 aromatic heterocycles. The fourth-order valence-corrected chi connectivity index (χ4v) is 2.49. The summed E-state index contributed by atoms with van der Waals surface area (Å²) in [5.74, 6) is 1.69. The first-order chi connectivity index (χ1) is 7.16. The first kappa shape index (κ1) is 10.8. The molecule has 2 rings (SSSR count). The van der Waals surface area contributed by atoms with Crippen molar-refractivity contribution in [2.45, 2.75) is 46.0 Å². The average Bonchev–Trinajstić information content (AvgIpc) is 2.16. The number of rotatable bonds is 2. The Labute approximate surface area is 96.1 Å². The molecule has 0 amide bonds. The van der Waals surface area contributed by atoms with Crippen LogP contribution in [0.1, 0.15) is 43.8 Å². The van der Waals surface area contributed by atoms with Crippen molar-refractivity contribution in [1.82, 2.24) is 9.97 Å². The summed E-state index contributed by atoms with van der Waals surface area (Å²) in [6.07, 6.45) is 5.79. The third-order valence-electron chi connectivity index (χ3n) is 2.86. The van der Waals surface area contributed by atoms with Crippen LogP contribution in [0.2, 0.25) is 0 Å². The van der Waals surface area contributed by atoms with E-state index in [9.17, 15) is 0 Å². The average molecular weight is 222 g/mol. The van der Waals surface area contributed by atoms with Crippen LogP contribution in [0.4, 0.5) is 0 Å². The smallest absolute Gasteiger partial charge is 0.133 e. The molecule has 2 nitrogen and oxygen atoms in total. The minimum atomic E-state index is 0.629. The lowest BCUT2D eigenvalue weighted by Gasteiger charge is -2.16. The lowest BCUT2D eigenvalue weighted by atomic mass is 9.97. The molecule has 0 aromatic carbocycles. The number of aryl methyl sites for hydroxylation is 1. The molecule has 0 fully saturated rings. The maximum Gasteiger partial charge on any atom is 0.133 e. The standard InChI is InChI=1S/C12H18N2S/c1-8(2)7-11-13-10-6-4-3-5-9(10)12(15)14-11/h8H,3-7H2,1-2H3,(H,13,14,15). The number of nitrogens with one attached hydrogen (secondary N) is 1. The Kier molecular flexibility index (Phi) is 3.19. The molecular formula is C12H18N2S. The number of hydrogen-bond acceptors (Lipinski definition) is 2. The van der Waals surface area contributed by atoms with Gasteiger partial charge in [-0.25, -0.2) is 4.98 Å². The summed E-state index contributed by atoms with van der Waals surface area (Å²) in [6, 6.07) is 0. The summed E-state index contributed by atoms with van der Waals surface area (Å²) in [4.78, 5) is 7.95. The minimum Gasteiger partial charge on any atom is -0.347 e. The molecule has 0 atom stereocenters. The third kappa shape index (κ3) is 2.46. The molecule has 0 aliphatic heterocycles. The van der Waals surface area contributed by atoms with E-state index < -0.39 is 0 Å². The molecule has 1 aromatic rings. The predicted octanol–water partition coefficient (Wildman–Crippen LogP) is 3.22. The topological polar surface area (TPSA) is 28.7 Å². The quantitative estimate of drug-likeness (QED) is 0.778. The van der Waals surface area contributed by atoms with Crippen molar-refractivity contribution in [3.63, 3.8) is 0 Å². The van der Waals surface area contributed by atoms with Crippen LogP contribution in [0.5, 0.6) is 0 Å². The molecule has 1 aliphatic carbocycles. The van der Waals surface area contributed by atoms with E-state index in [1.165, 1.54) is 24.1 Å². The van der Waals surface area contributed by atoms with Crippen LogP contribution < -0.4 is 0 Å². The number of H-pyrrole nitrogens is 1. The van der Waals surface area contributed by atoms with Crippen molar-refractivity contribution in [1.29, 1.82) is 0 Å². The summed E-state index contributed by atoms with van der Waals surface area (Å²) < 4.78 is 0.833. The highest BCUT2D eigenvalue weighted by Gasteiger charge is 2.13. The maximum atomic E-state index is 5.35. The van der Waals surface area contributed by atoms with Crippen LogP contribution >= 0.6 is 12.2 Å². The number of hydrogen-bond donors (Lipinski definition) is 1. The zero-order chi connectivity index (χ0) is 10.8. The zero-order valence-corrected chi connectivity index (χ0v) is 10.3. The van der Waals surface area contributed by atoms with Crippen molar-refractivity contribution < 1.29 is 0 Å². The van der Waals surface area contributed by atoms with Crippen LogP contribution in [0.15, 0.2) is 0 Å². The molecular weight excluding hydrogens is 204 g/mol. The largest absolute Gasteiger partial charge is 0.347 e. The molecule has 0 saturated heterocycles. The summed E-state index contributed by atoms with van der Waals surface area (Å²) in [5, 5.41) is 0. The second kappa shape index (κ2) is 4.44. The fourth-order valence-electron chi connectivity index (χ4n) is 2.15. The van der Waals surface area contributed by atoms with Crippen LogP contribution in [-0.2, 0) is 19.3 Å². The van der Waals surface area contributed by atoms with E-state index in [2.05, 4.69) is 23.8 Å². The van der Waals surface area contributed by atoms with Crippen LogP contribution in [0.3, 0.4) is 0 Å². The van der Waals surface area contributed by atoms with Crippen LogP contribution in [0, 0.1) is 10.6 Å². The molecule has 15 heavy (non-hydrogen) atoms. The highest BCUT2D eigenvalue weighted by molar-refractivity contribution is 7.71. The minimum absolute atomic E-state index is 0.629. The van der Waals surface area contributed by atoms with E-state index >= 15 is 0 Å². The van der Waals surface area contributed by atoms with Crippen molar-refractivity contribution in [2.75, 3.05) is 0 Å². The summed E-state index contributed by atoms with van der Waals surface area (Å²) >= 11 is 5.35. The zero-order valence-electron chi connectivity index (χ0n) is 9.47. The molecule has 1 heterocycles. The van der Waals surface area contributed by atoms with Crippen LogP contribution in [0.25, 0.3) is 0 Å². The van der Waals surface area contributed by atoms with Crippen molar-refractivity contribution in [3.8, 4) is 0 Å². The summed E-state index contributed by atoms with van der Waals surface area (Å²) in [7, 11) is 0. The molecule has 0 radical (unpaired) electrons. The normalized spacial score (nSPS) is 15.4. The Bertz CT molecular complexity index is 407. The third-order valence-corrected chi connectivity index (χ3v) is 3.20. The highest BCUT2D eigenvalue weighted by Crippen LogP contribution is 2.20. The molecule has 1 N–H and O–H groups in total. The summed E-state index contributed by atoms with van der Waals surface area (Å²) in [5.41, 5.74) is 2.64. The SMILES string of the molecule is CC(C)Cc1nc(=S)c2c([nH]1)CCCC2. The molecule has 1 aliphatic rings. The Morgan fingerprint density at radius 3 is 2.80 bits per heavy atom. The van der Waals surface area contributed by atoms with Gasteiger partial charge in [-0.1, -0.05) is 26.1 Å². The van der Waals surface area contributed by atoms with Gasteiger partial charge in [0.05, 0.1) is 0 Å². The van der Waals surface area contributed by atoms with Gasteiger partial charge in [0, 0.05) is 17.7 Å². The Balaban J connectivity index is 2.36. The molecule has 82 valence electrons. The van der Waals surface area contributed by atoms with Gasteiger partial charge in [-0.05, 0) is 31.6 Å². The van der Waals surface area contributed by atoms with Gasteiger partial charge >= 0.3 is 0 Å². The van der Waals surface area contributed by atoms with Gasteiger partial charge in [-0.3, -0.25) is 0 Å². The maximum absolute atomic E-state index is 5.35. The van der Waals surface area contributed by atoms with E-state index in [-0.39, 0.29) is 0 Å². The fraction of sp³-hybridized carbons (Fsp3) is 0.667. The predicted molar refractivity (Wildman–Crippen MR) is 64.6 cm³/mol. The second-order valence-corrected chi connectivity index (χ2v) is 5.14. The Hall–Kier alpha value is -0.700. The molecule has 0 bridgehead atoms. The van der Waals surface area contributed by atoms with Crippen molar-refractivity contribution in [3.05, 3.63) is 21.7 Å². The van der Waals surface area contributed by atoms with Crippen molar-refractivity contribution >= 4 is 12.2 Å². The summed E-state index contributed by atoms with van der Waals surface area (Å²) in [6.45, 7) is 4.41. The van der Waals surface area contributed by atoms with Gasteiger partial charge < -0.3 is 4.98 Å². The molecule has 0 unspecified atom stereocenters. The molecule has 3 heteroatoms. The Morgan fingerprint density at radius 2 is 2.07 bits per heavy atom. The number of aromatic amines is 1. The van der Waals surface area contributed by atoms with Gasteiger partial charge in [0.25, 0.3) is 0 Å². The van der Waals surface area contributed by atoms with E-state index in [0.717, 1.165) is 29.7 Å². The lowest BCUT2D eigenvalue weighted by molar-refractivity contribution is 0.599. The van der Waals surface area contributed by atoms with Crippen molar-refractivity contribution in [2.24, 2.45) is 5.92 Å². The number of nitrogens with zero attached hydrogens (tertiary/aromatic N) is 1. The van der Waals surface area contributed by atoms with Gasteiger partial charge in [0.2, 0.25) is 0 Å². The molecule has 0 spiro atoms. The van der Waals surface area contributed by atoms with E-state index in [1.807, 2.05) is 0 Å². The highest BCUT2D eigenvalue weighted by atomic mass is 32.1. The number of fused-ring (bicyclic) bond motifs is 1. The van der Waals surface area contributed by atoms with E-state index in [4.69, 9.17) is 12.2 Å². The lowest BCUT2D eigenvalue weighted by Crippen LogP contribution is -2.11. The second-order valence-electron chi connectivity index (χ2n) is 4.75. The monoisotopic (exact) mass is 222 g/mol. The van der Waals surface area contributed by atoms with Gasteiger partial charge in [0.1, 0.15) is 10.5 Å². The van der Waals surface area contributed by atoms with Gasteiger partial charge in [0.15, 0.2) is 0 Å². The first-order valence-corrected chi connectivity index (χ1v) is 6.18. The van der Waals surface area contributed by atoms with Crippen LogP contribution in [-0.4, -0.2) is 9.97 Å². The van der Waals surface area contributed by atoms with E-state index in [1.54, 1.807) is 0 Å². The first-order valence-electron chi connectivity index (χ1n) is 5.77.